The van der Waals surface area contributed by atoms with E-state index in [1.54, 1.807) is 18.3 Å². The zero-order valence-corrected chi connectivity index (χ0v) is 12.6. The van der Waals surface area contributed by atoms with E-state index in [2.05, 4.69) is 15.6 Å². The van der Waals surface area contributed by atoms with Crippen molar-refractivity contribution in [2.45, 2.75) is 13.5 Å². The first-order valence-electron chi connectivity index (χ1n) is 7.26. The number of rotatable bonds is 3. The number of aromatic nitrogens is 1. The Morgan fingerprint density at radius 2 is 2.00 bits per heavy atom. The van der Waals surface area contributed by atoms with Gasteiger partial charge in [-0.15, -0.1) is 0 Å². The van der Waals surface area contributed by atoms with Crippen molar-refractivity contribution in [2.75, 3.05) is 5.32 Å². The molecule has 2 amide bonds. The van der Waals surface area contributed by atoms with E-state index < -0.39 is 0 Å². The first kappa shape index (κ1) is 15.0. The van der Waals surface area contributed by atoms with Crippen LogP contribution in [-0.2, 0) is 6.54 Å². The largest absolute Gasteiger partial charge is 0.334 e. The fourth-order valence-corrected chi connectivity index (χ4v) is 2.38. The lowest BCUT2D eigenvalue weighted by atomic mass is 10.1. The van der Waals surface area contributed by atoms with Crippen LogP contribution in [0.4, 0.5) is 14.9 Å². The number of amides is 2. The van der Waals surface area contributed by atoms with Gasteiger partial charge >= 0.3 is 6.03 Å². The summed E-state index contributed by atoms with van der Waals surface area (Å²) >= 11 is 0. The summed E-state index contributed by atoms with van der Waals surface area (Å²) in [5.74, 6) is -0.318. The molecular formula is C18H16FN3O. The second kappa shape index (κ2) is 6.44. The Hall–Kier alpha value is -2.95. The van der Waals surface area contributed by atoms with Crippen LogP contribution in [0.15, 0.2) is 54.7 Å². The Morgan fingerprint density at radius 3 is 2.83 bits per heavy atom. The minimum atomic E-state index is -0.337. The number of anilines is 1. The molecule has 0 spiro atoms. The molecule has 1 heterocycles. The molecule has 1 aromatic heterocycles. The number of hydrogen-bond donors (Lipinski definition) is 2. The summed E-state index contributed by atoms with van der Waals surface area (Å²) in [6.07, 6.45) is 1.78. The number of pyridine rings is 1. The van der Waals surface area contributed by atoms with Crippen LogP contribution in [0.25, 0.3) is 10.8 Å². The van der Waals surface area contributed by atoms with E-state index in [1.165, 1.54) is 12.1 Å². The molecule has 0 atom stereocenters. The highest BCUT2D eigenvalue weighted by molar-refractivity contribution is 6.01. The summed E-state index contributed by atoms with van der Waals surface area (Å²) in [4.78, 5) is 16.3. The van der Waals surface area contributed by atoms with Crippen molar-refractivity contribution in [2.24, 2.45) is 0 Å². The molecule has 116 valence electrons. The van der Waals surface area contributed by atoms with Gasteiger partial charge in [-0.05, 0) is 36.8 Å². The second-order valence-electron chi connectivity index (χ2n) is 5.29. The Bertz CT molecular complexity index is 864. The lowest BCUT2D eigenvalue weighted by molar-refractivity contribution is 0.251. The number of halogens is 1. The Morgan fingerprint density at radius 1 is 1.17 bits per heavy atom. The smallest absolute Gasteiger partial charge is 0.319 e. The number of aryl methyl sites for hydroxylation is 1. The molecule has 0 aliphatic rings. The van der Waals surface area contributed by atoms with Gasteiger partial charge in [0.1, 0.15) is 5.82 Å². The van der Waals surface area contributed by atoms with Gasteiger partial charge in [-0.2, -0.15) is 0 Å². The van der Waals surface area contributed by atoms with Gasteiger partial charge in [0.15, 0.2) is 0 Å². The molecule has 4 nitrogen and oxygen atoms in total. The average Bonchev–Trinajstić information content (AvgIpc) is 2.54. The number of carbonyl (C=O) groups is 1. The highest BCUT2D eigenvalue weighted by Gasteiger charge is 2.06. The molecule has 0 unspecified atom stereocenters. The SMILES string of the molecule is Cc1cc2c(NC(=O)NCc3cccc(F)c3)cccc2cn1. The van der Waals surface area contributed by atoms with Crippen LogP contribution in [0.5, 0.6) is 0 Å². The fourth-order valence-electron chi connectivity index (χ4n) is 2.38. The summed E-state index contributed by atoms with van der Waals surface area (Å²) in [5, 5.41) is 7.44. The van der Waals surface area contributed by atoms with Gasteiger partial charge in [-0.1, -0.05) is 24.3 Å². The van der Waals surface area contributed by atoms with E-state index in [-0.39, 0.29) is 18.4 Å². The van der Waals surface area contributed by atoms with E-state index in [0.29, 0.717) is 11.3 Å². The highest BCUT2D eigenvalue weighted by atomic mass is 19.1. The maximum Gasteiger partial charge on any atom is 0.319 e. The Labute approximate surface area is 133 Å². The molecule has 5 heteroatoms. The number of hydrogen-bond acceptors (Lipinski definition) is 2. The number of nitrogens with zero attached hydrogens (tertiary/aromatic N) is 1. The molecule has 3 rings (SSSR count). The van der Waals surface area contributed by atoms with Crippen molar-refractivity contribution >= 4 is 22.5 Å². The molecule has 3 aromatic rings. The topological polar surface area (TPSA) is 54.0 Å². The zero-order valence-electron chi connectivity index (χ0n) is 12.6. The summed E-state index contributed by atoms with van der Waals surface area (Å²) in [5.41, 5.74) is 2.30. The van der Waals surface area contributed by atoms with Crippen molar-refractivity contribution in [3.63, 3.8) is 0 Å². The first-order chi connectivity index (χ1) is 11.1. The molecule has 0 radical (unpaired) electrons. The van der Waals surface area contributed by atoms with Crippen LogP contribution in [0.1, 0.15) is 11.3 Å². The minimum Gasteiger partial charge on any atom is -0.334 e. The molecule has 0 aliphatic carbocycles. The maximum atomic E-state index is 13.1. The van der Waals surface area contributed by atoms with Crippen molar-refractivity contribution in [3.8, 4) is 0 Å². The third-order valence-corrected chi connectivity index (χ3v) is 3.49. The highest BCUT2D eigenvalue weighted by Crippen LogP contribution is 2.23. The summed E-state index contributed by atoms with van der Waals surface area (Å²) < 4.78 is 13.1. The molecule has 0 saturated carbocycles. The van der Waals surface area contributed by atoms with Gasteiger partial charge in [0, 0.05) is 29.2 Å². The molecule has 0 aliphatic heterocycles. The maximum absolute atomic E-state index is 13.1. The quantitative estimate of drug-likeness (QED) is 0.768. The normalized spacial score (nSPS) is 10.5. The van der Waals surface area contributed by atoms with E-state index >= 15 is 0 Å². The first-order valence-corrected chi connectivity index (χ1v) is 7.26. The van der Waals surface area contributed by atoms with Crippen LogP contribution in [0.2, 0.25) is 0 Å². The van der Waals surface area contributed by atoms with E-state index in [9.17, 15) is 9.18 Å². The van der Waals surface area contributed by atoms with Gasteiger partial charge < -0.3 is 10.6 Å². The molecule has 0 bridgehead atoms. The van der Waals surface area contributed by atoms with Crippen molar-refractivity contribution in [1.82, 2.24) is 10.3 Å². The summed E-state index contributed by atoms with van der Waals surface area (Å²) in [7, 11) is 0. The lowest BCUT2D eigenvalue weighted by Crippen LogP contribution is -2.28. The van der Waals surface area contributed by atoms with Gasteiger partial charge in [-0.3, -0.25) is 4.98 Å². The minimum absolute atomic E-state index is 0.259. The zero-order chi connectivity index (χ0) is 16.2. The van der Waals surface area contributed by atoms with E-state index in [4.69, 9.17) is 0 Å². The standard InChI is InChI=1S/C18H16FN3O/c1-12-8-16-14(11-20-12)5-3-7-17(16)22-18(23)21-10-13-4-2-6-15(19)9-13/h2-9,11H,10H2,1H3,(H2,21,22,23). The van der Waals surface area contributed by atoms with Crippen LogP contribution >= 0.6 is 0 Å². The predicted octanol–water partition coefficient (Wildman–Crippen LogP) is 4.00. The van der Waals surface area contributed by atoms with Gasteiger partial charge in [0.2, 0.25) is 0 Å². The van der Waals surface area contributed by atoms with Crippen molar-refractivity contribution < 1.29 is 9.18 Å². The third kappa shape index (κ3) is 3.63. The Balaban J connectivity index is 1.72. The van der Waals surface area contributed by atoms with Gasteiger partial charge in [0.25, 0.3) is 0 Å². The van der Waals surface area contributed by atoms with Crippen LogP contribution < -0.4 is 10.6 Å². The number of carbonyl (C=O) groups excluding carboxylic acids is 1. The molecular weight excluding hydrogens is 293 g/mol. The van der Waals surface area contributed by atoms with Crippen molar-refractivity contribution in [1.29, 1.82) is 0 Å². The number of benzene rings is 2. The monoisotopic (exact) mass is 309 g/mol. The Kier molecular flexibility index (Phi) is 4.19. The number of urea groups is 1. The number of fused-ring (bicyclic) bond motifs is 1. The number of nitrogens with one attached hydrogen (secondary N) is 2. The second-order valence-corrected chi connectivity index (χ2v) is 5.29. The van der Waals surface area contributed by atoms with Crippen LogP contribution in [0.3, 0.4) is 0 Å². The van der Waals surface area contributed by atoms with Gasteiger partial charge in [0.05, 0.1) is 5.69 Å². The molecule has 0 fully saturated rings. The van der Waals surface area contributed by atoms with E-state index in [1.807, 2.05) is 31.2 Å². The fraction of sp³-hybridized carbons (Fsp3) is 0.111. The summed E-state index contributed by atoms with van der Waals surface area (Å²) in [6, 6.07) is 13.4. The predicted molar refractivity (Wildman–Crippen MR) is 88.7 cm³/mol. The lowest BCUT2D eigenvalue weighted by Gasteiger charge is -2.10. The third-order valence-electron chi connectivity index (χ3n) is 3.49. The van der Waals surface area contributed by atoms with Crippen molar-refractivity contribution in [3.05, 3.63) is 71.8 Å². The average molecular weight is 309 g/mol. The van der Waals surface area contributed by atoms with Crippen LogP contribution in [0, 0.1) is 12.7 Å². The molecule has 0 saturated heterocycles. The van der Waals surface area contributed by atoms with Gasteiger partial charge in [-0.25, -0.2) is 9.18 Å². The van der Waals surface area contributed by atoms with E-state index in [0.717, 1.165) is 16.5 Å². The van der Waals surface area contributed by atoms with Crippen LogP contribution in [-0.4, -0.2) is 11.0 Å². The molecule has 2 N–H and O–H groups in total. The molecule has 2 aromatic carbocycles. The summed E-state index contributed by atoms with van der Waals surface area (Å²) in [6.45, 7) is 2.16. The molecule has 23 heavy (non-hydrogen) atoms.